The minimum atomic E-state index is -1.21. The minimum absolute atomic E-state index is 0.196. The fourth-order valence-corrected chi connectivity index (χ4v) is 4.17. The lowest BCUT2D eigenvalue weighted by atomic mass is 10.1. The largest absolute Gasteiger partial charge is 0.459 e. The molecule has 37 heavy (non-hydrogen) atoms. The monoisotopic (exact) mass is 582 g/mol. The lowest BCUT2D eigenvalue weighted by molar-refractivity contribution is -0.0435. The Morgan fingerprint density at radius 2 is 1.00 bits per heavy atom. The Morgan fingerprint density at radius 3 is 1.43 bits per heavy atom. The van der Waals surface area contributed by atoms with Gasteiger partial charge in [0.25, 0.3) is 0 Å². The Morgan fingerprint density at radius 1 is 0.622 bits per heavy atom. The van der Waals surface area contributed by atoms with E-state index >= 15 is 0 Å². The molecule has 3 aromatic carbocycles. The number of carbonyl (C=O) groups excluding carboxylic acids is 3. The van der Waals surface area contributed by atoms with Crippen molar-refractivity contribution in [2.24, 2.45) is 0 Å². The summed E-state index contributed by atoms with van der Waals surface area (Å²) in [6.07, 6.45) is -3.43. The number of esters is 3. The molecule has 4 atom stereocenters. The van der Waals surface area contributed by atoms with E-state index in [2.05, 4.69) is 0 Å². The van der Waals surface area contributed by atoms with Gasteiger partial charge in [-0.05, 0) is 72.8 Å². The highest BCUT2D eigenvalue weighted by Gasteiger charge is 2.49. The molecule has 0 radical (unpaired) electrons. The topological polar surface area (TPSA) is 88.1 Å². The summed E-state index contributed by atoms with van der Waals surface area (Å²) in [6, 6.07) is 18.1. The van der Waals surface area contributed by atoms with Crippen LogP contribution in [0.25, 0.3) is 0 Å². The van der Waals surface area contributed by atoms with Gasteiger partial charge in [0.1, 0.15) is 12.7 Å². The van der Waals surface area contributed by atoms with Crippen molar-refractivity contribution >= 4 is 64.3 Å². The first-order valence-corrected chi connectivity index (χ1v) is 12.4. The Bertz CT molecular complexity index is 1260. The maximum atomic E-state index is 12.9. The molecule has 1 saturated heterocycles. The van der Waals surface area contributed by atoms with Crippen molar-refractivity contribution in [3.05, 3.63) is 105 Å². The number of benzene rings is 3. The van der Waals surface area contributed by atoms with Crippen molar-refractivity contribution in [2.45, 2.75) is 23.9 Å². The SMILES string of the molecule is O=C(OC[C@H]1O[C@@H](Cl)[C@@H](OC(=O)c2ccc(Cl)cc2)C1OC(=O)c1ccc(Cl)cc1)c1ccc(Cl)cc1. The number of hydrogen-bond acceptors (Lipinski definition) is 7. The van der Waals surface area contributed by atoms with Crippen LogP contribution in [0.5, 0.6) is 0 Å². The molecule has 1 fully saturated rings. The molecule has 1 unspecified atom stereocenters. The van der Waals surface area contributed by atoms with Crippen LogP contribution < -0.4 is 0 Å². The summed E-state index contributed by atoms with van der Waals surface area (Å²) in [7, 11) is 0. The molecule has 0 spiro atoms. The van der Waals surface area contributed by atoms with Crippen LogP contribution in [0.1, 0.15) is 31.1 Å². The van der Waals surface area contributed by atoms with E-state index in [4.69, 9.17) is 65.4 Å². The van der Waals surface area contributed by atoms with E-state index in [9.17, 15) is 14.4 Å². The molecule has 11 heteroatoms. The first-order chi connectivity index (χ1) is 17.7. The third-order valence-corrected chi connectivity index (χ3v) is 6.47. The molecule has 192 valence electrons. The molecule has 0 aromatic heterocycles. The number of ether oxygens (including phenoxy) is 4. The summed E-state index contributed by atoms with van der Waals surface area (Å²) < 4.78 is 22.2. The lowest BCUT2D eigenvalue weighted by Gasteiger charge is -2.23. The summed E-state index contributed by atoms with van der Waals surface area (Å²) >= 11 is 24.0. The molecule has 1 heterocycles. The molecular weight excluding hydrogens is 566 g/mol. The quantitative estimate of drug-likeness (QED) is 0.185. The van der Waals surface area contributed by atoms with Crippen molar-refractivity contribution in [1.82, 2.24) is 0 Å². The Labute approximate surface area is 232 Å². The first-order valence-electron chi connectivity index (χ1n) is 10.9. The molecule has 0 bridgehead atoms. The second-order valence-electron chi connectivity index (χ2n) is 7.88. The van der Waals surface area contributed by atoms with Gasteiger partial charge < -0.3 is 18.9 Å². The highest BCUT2D eigenvalue weighted by molar-refractivity contribution is 6.31. The number of hydrogen-bond donors (Lipinski definition) is 0. The molecule has 3 aromatic rings. The molecule has 1 aliphatic rings. The zero-order valence-corrected chi connectivity index (χ0v) is 21.8. The average molecular weight is 584 g/mol. The number of rotatable bonds is 7. The van der Waals surface area contributed by atoms with Crippen LogP contribution in [0, 0.1) is 0 Å². The van der Waals surface area contributed by atoms with E-state index in [-0.39, 0.29) is 23.3 Å². The Kier molecular flexibility index (Phi) is 8.95. The van der Waals surface area contributed by atoms with E-state index in [0.717, 1.165) is 0 Å². The second kappa shape index (κ2) is 12.2. The van der Waals surface area contributed by atoms with Crippen LogP contribution >= 0.6 is 46.4 Å². The van der Waals surface area contributed by atoms with Crippen LogP contribution in [-0.4, -0.2) is 48.4 Å². The summed E-state index contributed by atoms with van der Waals surface area (Å²) in [6.45, 7) is -0.335. The number of alkyl halides is 1. The van der Waals surface area contributed by atoms with Crippen molar-refractivity contribution in [3.63, 3.8) is 0 Å². The predicted octanol–water partition coefficient (Wildman–Crippen LogP) is 6.22. The third kappa shape index (κ3) is 6.94. The van der Waals surface area contributed by atoms with E-state index in [1.54, 1.807) is 12.1 Å². The van der Waals surface area contributed by atoms with Gasteiger partial charge in [0.15, 0.2) is 17.8 Å². The summed E-state index contributed by atoms with van der Waals surface area (Å²) in [5.41, 5.74) is -0.542. The molecule has 0 saturated carbocycles. The first kappa shape index (κ1) is 27.2. The van der Waals surface area contributed by atoms with E-state index in [0.29, 0.717) is 15.1 Å². The van der Waals surface area contributed by atoms with Gasteiger partial charge in [0.2, 0.25) is 0 Å². The van der Waals surface area contributed by atoms with E-state index in [1.807, 2.05) is 0 Å². The van der Waals surface area contributed by atoms with Crippen molar-refractivity contribution in [1.29, 1.82) is 0 Å². The summed E-state index contributed by atoms with van der Waals surface area (Å²) in [4.78, 5) is 38.1. The smallest absolute Gasteiger partial charge is 0.338 e. The average Bonchev–Trinajstić information content (AvgIpc) is 3.17. The fraction of sp³-hybridized carbons (Fsp3) is 0.192. The number of halogens is 4. The highest BCUT2D eigenvalue weighted by atomic mass is 35.5. The van der Waals surface area contributed by atoms with Gasteiger partial charge in [-0.1, -0.05) is 46.4 Å². The van der Waals surface area contributed by atoms with Crippen LogP contribution in [-0.2, 0) is 18.9 Å². The molecule has 0 amide bonds. The molecular formula is C26H18Cl4O7. The van der Waals surface area contributed by atoms with Crippen LogP contribution in [0.3, 0.4) is 0 Å². The summed E-state index contributed by atoms with van der Waals surface area (Å²) in [5.74, 6) is -2.13. The van der Waals surface area contributed by atoms with Gasteiger partial charge in [-0.2, -0.15) is 0 Å². The van der Waals surface area contributed by atoms with Gasteiger partial charge in [-0.25, -0.2) is 14.4 Å². The van der Waals surface area contributed by atoms with Crippen molar-refractivity contribution in [3.8, 4) is 0 Å². The molecule has 1 aliphatic heterocycles. The van der Waals surface area contributed by atoms with Crippen molar-refractivity contribution < 1.29 is 33.3 Å². The van der Waals surface area contributed by atoms with Gasteiger partial charge in [-0.3, -0.25) is 0 Å². The molecule has 4 rings (SSSR count). The van der Waals surface area contributed by atoms with Gasteiger partial charge in [0, 0.05) is 15.1 Å². The molecule has 0 aliphatic carbocycles. The van der Waals surface area contributed by atoms with Crippen LogP contribution in [0.15, 0.2) is 72.8 Å². The van der Waals surface area contributed by atoms with Crippen molar-refractivity contribution in [2.75, 3.05) is 6.61 Å². The van der Waals surface area contributed by atoms with Gasteiger partial charge in [-0.15, -0.1) is 0 Å². The van der Waals surface area contributed by atoms with Crippen LogP contribution in [0.4, 0.5) is 0 Å². The lowest BCUT2D eigenvalue weighted by Crippen LogP contribution is -2.41. The normalized spacial score (nSPS) is 20.8. The predicted molar refractivity (Wildman–Crippen MR) is 138 cm³/mol. The second-order valence-corrected chi connectivity index (χ2v) is 9.62. The molecule has 0 N–H and O–H groups in total. The zero-order chi connectivity index (χ0) is 26.5. The standard InChI is InChI=1S/C26H18Cl4O7/c27-17-7-1-14(2-8-17)24(31)34-13-20-21(36-25(32)15-3-9-18(28)10-4-15)22(23(30)35-20)37-26(33)16-5-11-19(29)12-6-16/h1-12,20-23H,13H2/t20-,21?,22+,23-/m1/s1. The van der Waals surface area contributed by atoms with Crippen LogP contribution in [0.2, 0.25) is 15.1 Å². The summed E-state index contributed by atoms with van der Waals surface area (Å²) in [5, 5.41) is 1.33. The maximum absolute atomic E-state index is 12.9. The molecule has 7 nitrogen and oxygen atoms in total. The Balaban J connectivity index is 1.52. The zero-order valence-electron chi connectivity index (χ0n) is 18.8. The van der Waals surface area contributed by atoms with E-state index in [1.165, 1.54) is 60.7 Å². The van der Waals surface area contributed by atoms with E-state index < -0.39 is 41.8 Å². The van der Waals surface area contributed by atoms with Gasteiger partial charge >= 0.3 is 17.9 Å². The fourth-order valence-electron chi connectivity index (χ4n) is 3.46. The minimum Gasteiger partial charge on any atom is -0.459 e. The van der Waals surface area contributed by atoms with Gasteiger partial charge in [0.05, 0.1) is 16.7 Å². The maximum Gasteiger partial charge on any atom is 0.338 e. The third-order valence-electron chi connectivity index (χ3n) is 5.36. The Hall–Kier alpha value is -2.81. The number of carbonyl (C=O) groups is 3. The highest BCUT2D eigenvalue weighted by Crippen LogP contribution is 2.31.